The van der Waals surface area contributed by atoms with Crippen LogP contribution in [0.5, 0.6) is 0 Å². The Bertz CT molecular complexity index is 427. The van der Waals surface area contributed by atoms with E-state index in [0.29, 0.717) is 18.2 Å². The zero-order valence-electron chi connectivity index (χ0n) is 10.2. The number of nitrogens with two attached hydrogens (primary N) is 2. The van der Waals surface area contributed by atoms with E-state index in [1.54, 1.807) is 19.4 Å². The van der Waals surface area contributed by atoms with Crippen LogP contribution in [0.25, 0.3) is 0 Å². The smallest absolute Gasteiger partial charge is 0.233 e. The van der Waals surface area contributed by atoms with E-state index in [2.05, 4.69) is 20.2 Å². The van der Waals surface area contributed by atoms with Crippen molar-refractivity contribution in [1.29, 1.82) is 0 Å². The summed E-state index contributed by atoms with van der Waals surface area (Å²) in [5.41, 5.74) is 12.1. The van der Waals surface area contributed by atoms with Crippen molar-refractivity contribution >= 4 is 0 Å². The molecule has 0 spiro atoms. The molecule has 1 unspecified atom stereocenters. The topological polar surface area (TPSA) is 140 Å². The van der Waals surface area contributed by atoms with Gasteiger partial charge in [-0.1, -0.05) is 0 Å². The van der Waals surface area contributed by atoms with Crippen molar-refractivity contribution in [2.75, 3.05) is 6.61 Å². The van der Waals surface area contributed by atoms with E-state index in [-0.39, 0.29) is 19.2 Å². The number of aliphatic hydroxyl groups is 1. The van der Waals surface area contributed by atoms with E-state index >= 15 is 0 Å². The van der Waals surface area contributed by atoms with Crippen LogP contribution >= 0.6 is 0 Å². The molecular weight excluding hydrogens is 236 g/mol. The number of aromatic nitrogens is 4. The highest BCUT2D eigenvalue weighted by Gasteiger charge is 2.14. The van der Waals surface area contributed by atoms with Crippen LogP contribution in [-0.4, -0.2) is 31.9 Å². The van der Waals surface area contributed by atoms with Crippen LogP contribution in [0.15, 0.2) is 16.9 Å². The molecule has 8 heteroatoms. The lowest BCUT2D eigenvalue weighted by molar-refractivity contribution is 0.318. The second-order valence-electron chi connectivity index (χ2n) is 3.44. The highest BCUT2D eigenvalue weighted by Crippen LogP contribution is 2.12. The largest absolute Gasteiger partial charge is 0.422 e. The van der Waals surface area contributed by atoms with Gasteiger partial charge in [0.05, 0.1) is 18.9 Å². The number of imidazole rings is 1. The number of H-pyrrole nitrogens is 1. The molecule has 2 aromatic rings. The van der Waals surface area contributed by atoms with Gasteiger partial charge in [-0.05, 0) is 6.92 Å². The fourth-order valence-corrected chi connectivity index (χ4v) is 1.22. The lowest BCUT2D eigenvalue weighted by Crippen LogP contribution is -2.14. The van der Waals surface area contributed by atoms with Gasteiger partial charge < -0.3 is 26.0 Å². The van der Waals surface area contributed by atoms with Crippen LogP contribution in [0.4, 0.5) is 0 Å². The predicted octanol–water partition coefficient (Wildman–Crippen LogP) is -0.507. The molecule has 0 saturated carbocycles. The lowest BCUT2D eigenvalue weighted by Gasteiger charge is -2.03. The van der Waals surface area contributed by atoms with Gasteiger partial charge in [-0.3, -0.25) is 0 Å². The normalized spacial score (nSPS) is 11.8. The number of hydrogen-bond donors (Lipinski definition) is 4. The molecule has 0 radical (unpaired) electrons. The molecule has 0 amide bonds. The first-order valence-corrected chi connectivity index (χ1v) is 5.57. The zero-order chi connectivity index (χ0) is 13.4. The van der Waals surface area contributed by atoms with Gasteiger partial charge in [-0.2, -0.15) is 0 Å². The van der Waals surface area contributed by atoms with Gasteiger partial charge >= 0.3 is 0 Å². The number of hydrogen-bond acceptors (Lipinski definition) is 7. The first-order valence-electron chi connectivity index (χ1n) is 5.57. The van der Waals surface area contributed by atoms with Crippen molar-refractivity contribution < 1.29 is 9.52 Å². The maximum Gasteiger partial charge on any atom is 0.233 e. The van der Waals surface area contributed by atoms with Gasteiger partial charge in [-0.25, -0.2) is 4.98 Å². The second-order valence-corrected chi connectivity index (χ2v) is 3.44. The summed E-state index contributed by atoms with van der Waals surface area (Å²) in [7, 11) is 0. The summed E-state index contributed by atoms with van der Waals surface area (Å²) in [5, 5.41) is 15.1. The van der Waals surface area contributed by atoms with Crippen LogP contribution in [-0.2, 0) is 13.0 Å². The van der Waals surface area contributed by atoms with Crippen LogP contribution < -0.4 is 11.5 Å². The summed E-state index contributed by atoms with van der Waals surface area (Å²) in [6.45, 7) is 2.16. The van der Waals surface area contributed by atoms with E-state index in [9.17, 15) is 0 Å². The molecule has 0 aliphatic carbocycles. The van der Waals surface area contributed by atoms with Gasteiger partial charge in [-0.15, -0.1) is 10.2 Å². The molecule has 0 aliphatic heterocycles. The zero-order valence-corrected chi connectivity index (χ0v) is 10.2. The molecular formula is C10H18N6O2. The minimum absolute atomic E-state index is 0.226. The van der Waals surface area contributed by atoms with Gasteiger partial charge in [0.15, 0.2) is 0 Å². The Balaban J connectivity index is 0.000000492. The van der Waals surface area contributed by atoms with E-state index in [4.69, 9.17) is 21.0 Å². The van der Waals surface area contributed by atoms with Crippen LogP contribution in [0, 0.1) is 0 Å². The number of aliphatic hydroxyl groups excluding tert-OH is 1. The molecule has 8 nitrogen and oxygen atoms in total. The third-order valence-electron chi connectivity index (χ3n) is 1.97. The quantitative estimate of drug-likeness (QED) is 0.576. The Hall–Kier alpha value is -1.77. The van der Waals surface area contributed by atoms with Gasteiger partial charge in [0.25, 0.3) is 0 Å². The number of aromatic amines is 1. The van der Waals surface area contributed by atoms with Crippen LogP contribution in [0.3, 0.4) is 0 Å². The monoisotopic (exact) mass is 254 g/mol. The van der Waals surface area contributed by atoms with Crippen molar-refractivity contribution in [2.45, 2.75) is 25.9 Å². The van der Waals surface area contributed by atoms with Gasteiger partial charge in [0.1, 0.15) is 0 Å². The minimum atomic E-state index is -0.335. The lowest BCUT2D eigenvalue weighted by atomic mass is 10.2. The molecule has 2 aromatic heterocycles. The van der Waals surface area contributed by atoms with Crippen LogP contribution in [0.2, 0.25) is 0 Å². The standard InChI is InChI=1S/C8H12N6O.C2H6O/c9-2-7-13-14-8(15-7)6(10)1-5-3-11-4-12-5;1-2-3/h3-4,6H,1-2,9-10H2,(H,11,12);3H,2H2,1H3. The molecule has 0 saturated heterocycles. The first kappa shape index (κ1) is 14.3. The first-order chi connectivity index (χ1) is 8.71. The van der Waals surface area contributed by atoms with Crippen molar-refractivity contribution in [3.63, 3.8) is 0 Å². The van der Waals surface area contributed by atoms with E-state index in [1.165, 1.54) is 0 Å². The molecule has 6 N–H and O–H groups in total. The number of nitrogens with one attached hydrogen (secondary N) is 1. The van der Waals surface area contributed by atoms with Crippen molar-refractivity contribution in [2.24, 2.45) is 11.5 Å². The Morgan fingerprint density at radius 1 is 1.50 bits per heavy atom. The van der Waals surface area contributed by atoms with Crippen LogP contribution in [0.1, 0.15) is 30.4 Å². The fraction of sp³-hybridized carbons (Fsp3) is 0.500. The van der Waals surface area contributed by atoms with Crippen molar-refractivity contribution in [3.05, 3.63) is 30.0 Å². The third kappa shape index (κ3) is 4.24. The summed E-state index contributed by atoms with van der Waals surface area (Å²) in [4.78, 5) is 6.85. The minimum Gasteiger partial charge on any atom is -0.422 e. The predicted molar refractivity (Wildman–Crippen MR) is 64.2 cm³/mol. The Morgan fingerprint density at radius 3 is 2.72 bits per heavy atom. The Labute approximate surface area is 104 Å². The molecule has 18 heavy (non-hydrogen) atoms. The average molecular weight is 254 g/mol. The third-order valence-corrected chi connectivity index (χ3v) is 1.97. The van der Waals surface area contributed by atoms with E-state index in [0.717, 1.165) is 5.69 Å². The van der Waals surface area contributed by atoms with E-state index in [1.807, 2.05) is 0 Å². The summed E-state index contributed by atoms with van der Waals surface area (Å²) in [6, 6.07) is -0.335. The highest BCUT2D eigenvalue weighted by molar-refractivity contribution is 5.01. The van der Waals surface area contributed by atoms with E-state index < -0.39 is 0 Å². The summed E-state index contributed by atoms with van der Waals surface area (Å²) in [6.07, 6.45) is 3.88. The van der Waals surface area contributed by atoms with Crippen molar-refractivity contribution in [3.8, 4) is 0 Å². The van der Waals surface area contributed by atoms with Gasteiger partial charge in [0, 0.05) is 24.9 Å². The maximum atomic E-state index is 7.57. The summed E-state index contributed by atoms with van der Waals surface area (Å²) in [5.74, 6) is 0.787. The number of rotatable bonds is 4. The maximum absolute atomic E-state index is 7.57. The highest BCUT2D eigenvalue weighted by atomic mass is 16.4. The second kappa shape index (κ2) is 7.54. The molecule has 0 aromatic carbocycles. The number of nitrogens with zero attached hydrogens (tertiary/aromatic N) is 3. The molecule has 0 bridgehead atoms. The van der Waals surface area contributed by atoms with Crippen molar-refractivity contribution in [1.82, 2.24) is 20.2 Å². The average Bonchev–Trinajstić information content (AvgIpc) is 3.00. The molecule has 2 heterocycles. The molecule has 100 valence electrons. The summed E-state index contributed by atoms with van der Waals surface area (Å²) < 4.78 is 5.24. The molecule has 2 rings (SSSR count). The fourth-order valence-electron chi connectivity index (χ4n) is 1.22. The molecule has 0 aliphatic rings. The summed E-state index contributed by atoms with van der Waals surface area (Å²) >= 11 is 0. The van der Waals surface area contributed by atoms with Gasteiger partial charge in [0.2, 0.25) is 11.8 Å². The Kier molecular flexibility index (Phi) is 5.98. The molecule has 0 fully saturated rings. The SMILES string of the molecule is CCO.NCc1nnc(C(N)Cc2cnc[nH]2)o1. The Morgan fingerprint density at radius 2 is 2.22 bits per heavy atom. The molecule has 1 atom stereocenters.